The van der Waals surface area contributed by atoms with Crippen LogP contribution in [0.3, 0.4) is 0 Å². The predicted octanol–water partition coefficient (Wildman–Crippen LogP) is 2.26. The predicted molar refractivity (Wildman–Crippen MR) is 248 cm³/mol. The molecular formula is C49H88O21. The molecule has 0 amide bonds. The second kappa shape index (κ2) is 33.6. The summed E-state index contributed by atoms with van der Waals surface area (Å²) in [6, 6.07) is 0. The number of aliphatic hydroxyl groups excluding tert-OH is 9. The van der Waals surface area contributed by atoms with Gasteiger partial charge in [0.05, 0.1) is 31.5 Å². The number of carboxylic acid groups (broad SMARTS) is 1. The Hall–Kier alpha value is -2.19. The molecule has 410 valence electrons. The summed E-state index contributed by atoms with van der Waals surface area (Å²) in [6.07, 6.45) is -7.89. The van der Waals surface area contributed by atoms with Gasteiger partial charge in [0.25, 0.3) is 0 Å². The second-order valence-electron chi connectivity index (χ2n) is 19.7. The first-order chi connectivity index (χ1) is 33.3. The molecule has 21 nitrogen and oxygen atoms in total. The highest BCUT2D eigenvalue weighted by molar-refractivity contribution is 5.71. The normalized spacial score (nSPS) is 31.2. The Bertz CT molecular complexity index is 1440. The van der Waals surface area contributed by atoms with Crippen LogP contribution in [0.1, 0.15) is 163 Å². The van der Waals surface area contributed by atoms with Crippen LogP contribution in [0.5, 0.6) is 0 Å². The Labute approximate surface area is 413 Å². The molecule has 0 aliphatic carbocycles. The lowest BCUT2D eigenvalue weighted by Gasteiger charge is -2.46. The van der Waals surface area contributed by atoms with Crippen LogP contribution < -0.4 is 0 Å². The third-order valence-corrected chi connectivity index (χ3v) is 13.1. The highest BCUT2D eigenvalue weighted by atomic mass is 16.8. The zero-order valence-corrected chi connectivity index (χ0v) is 41.8. The number of carbonyl (C=O) groups excluding carboxylic acids is 2. The maximum absolute atomic E-state index is 12.3. The third-order valence-electron chi connectivity index (χ3n) is 13.1. The highest BCUT2D eigenvalue weighted by Gasteiger charge is 2.52. The van der Waals surface area contributed by atoms with Crippen molar-refractivity contribution in [1.82, 2.24) is 0 Å². The molecule has 10 N–H and O–H groups in total. The first-order valence-electron chi connectivity index (χ1n) is 25.9. The minimum atomic E-state index is -1.91. The summed E-state index contributed by atoms with van der Waals surface area (Å²) in [5, 5.41) is 105. The van der Waals surface area contributed by atoms with E-state index in [9.17, 15) is 60.3 Å². The zero-order chi connectivity index (χ0) is 51.8. The average Bonchev–Trinajstić information content (AvgIpc) is 3.31. The molecule has 0 spiro atoms. The second-order valence-corrected chi connectivity index (χ2v) is 19.7. The number of carbonyl (C=O) groups is 3. The summed E-state index contributed by atoms with van der Waals surface area (Å²) in [6.45, 7) is 5.49. The number of unbranched alkanes of at least 4 members (excludes halogenated alkanes) is 12. The molecule has 0 aromatic carbocycles. The molecule has 21 heteroatoms. The molecule has 70 heavy (non-hydrogen) atoms. The van der Waals surface area contributed by atoms with E-state index in [-0.39, 0.29) is 18.9 Å². The average molecular weight is 1010 g/mol. The highest BCUT2D eigenvalue weighted by Crippen LogP contribution is 2.33. The summed E-state index contributed by atoms with van der Waals surface area (Å²) in [7, 11) is 0. The number of aliphatic carboxylic acids is 1. The molecule has 3 aliphatic heterocycles. The first kappa shape index (κ1) is 62.1. The van der Waals surface area contributed by atoms with E-state index in [4.69, 9.17) is 43.0 Å². The summed E-state index contributed by atoms with van der Waals surface area (Å²) >= 11 is 0. The van der Waals surface area contributed by atoms with E-state index in [1.807, 2.05) is 20.8 Å². The van der Waals surface area contributed by atoms with Crippen LogP contribution >= 0.6 is 0 Å². The van der Waals surface area contributed by atoms with Crippen LogP contribution in [0.4, 0.5) is 0 Å². The van der Waals surface area contributed by atoms with E-state index >= 15 is 0 Å². The van der Waals surface area contributed by atoms with Gasteiger partial charge >= 0.3 is 17.9 Å². The largest absolute Gasteiger partial charge is 0.479 e. The molecule has 0 radical (unpaired) electrons. The molecule has 0 saturated carbocycles. The Morgan fingerprint density at radius 3 is 1.70 bits per heavy atom. The van der Waals surface area contributed by atoms with Crippen LogP contribution in [-0.2, 0) is 52.3 Å². The Morgan fingerprint density at radius 2 is 1.13 bits per heavy atom. The van der Waals surface area contributed by atoms with Crippen molar-refractivity contribution >= 4 is 17.9 Å². The fourth-order valence-electron chi connectivity index (χ4n) is 8.83. The van der Waals surface area contributed by atoms with Gasteiger partial charge in [-0.2, -0.15) is 0 Å². The fourth-order valence-corrected chi connectivity index (χ4v) is 8.83. The smallest absolute Gasteiger partial charge is 0.332 e. The number of esters is 2. The van der Waals surface area contributed by atoms with Crippen molar-refractivity contribution in [2.24, 2.45) is 5.92 Å². The van der Waals surface area contributed by atoms with Gasteiger partial charge in [0.15, 0.2) is 31.1 Å². The molecule has 3 rings (SSSR count). The Kier molecular flexibility index (Phi) is 29.8. The van der Waals surface area contributed by atoms with Gasteiger partial charge in [0.2, 0.25) is 0 Å². The molecule has 0 aromatic heterocycles. The van der Waals surface area contributed by atoms with Crippen LogP contribution in [-0.4, -0.2) is 193 Å². The van der Waals surface area contributed by atoms with Gasteiger partial charge in [-0.25, -0.2) is 4.79 Å². The van der Waals surface area contributed by atoms with Gasteiger partial charge in [-0.05, 0) is 44.4 Å². The Balaban J connectivity index is 1.53. The number of hydrogen-bond acceptors (Lipinski definition) is 20. The molecule has 3 heterocycles. The minimum Gasteiger partial charge on any atom is -0.479 e. The maximum Gasteiger partial charge on any atom is 0.332 e. The van der Waals surface area contributed by atoms with Gasteiger partial charge in [0.1, 0.15) is 61.5 Å². The van der Waals surface area contributed by atoms with Gasteiger partial charge in [-0.1, -0.05) is 111 Å². The summed E-state index contributed by atoms with van der Waals surface area (Å²) < 4.78 is 46.6. The molecule has 3 aliphatic rings. The van der Waals surface area contributed by atoms with E-state index in [0.29, 0.717) is 38.5 Å². The van der Waals surface area contributed by atoms with Crippen LogP contribution in [0.25, 0.3) is 0 Å². The van der Waals surface area contributed by atoms with Gasteiger partial charge < -0.3 is 89.0 Å². The van der Waals surface area contributed by atoms with E-state index in [1.165, 1.54) is 0 Å². The van der Waals surface area contributed by atoms with Crippen molar-refractivity contribution < 1.29 is 103 Å². The Morgan fingerprint density at radius 1 is 0.600 bits per heavy atom. The number of hydrogen-bond donors (Lipinski definition) is 10. The molecule has 1 unspecified atom stereocenters. The molecule has 0 aromatic rings. The summed E-state index contributed by atoms with van der Waals surface area (Å²) in [5.41, 5.74) is 0. The summed E-state index contributed by atoms with van der Waals surface area (Å²) in [4.78, 5) is 34.9. The van der Waals surface area contributed by atoms with Crippen LogP contribution in [0.2, 0.25) is 0 Å². The van der Waals surface area contributed by atoms with Crippen LogP contribution in [0, 0.1) is 5.92 Å². The van der Waals surface area contributed by atoms with Gasteiger partial charge in [-0.3, -0.25) is 9.59 Å². The topological polar surface area (TPSA) is 327 Å². The first-order valence-corrected chi connectivity index (χ1v) is 25.9. The molecule has 3 saturated heterocycles. The maximum atomic E-state index is 12.3. The number of carboxylic acids is 1. The van der Waals surface area contributed by atoms with E-state index in [1.54, 1.807) is 0 Å². The third kappa shape index (κ3) is 22.1. The van der Waals surface area contributed by atoms with Crippen molar-refractivity contribution in [2.45, 2.75) is 267 Å². The van der Waals surface area contributed by atoms with Crippen LogP contribution in [0.15, 0.2) is 0 Å². The lowest BCUT2D eigenvalue weighted by Crippen LogP contribution is -2.65. The number of rotatable bonds is 35. The number of ether oxygens (including phenoxy) is 8. The van der Waals surface area contributed by atoms with Crippen molar-refractivity contribution in [1.29, 1.82) is 0 Å². The standard InChI is InChI=1S/C49H88O21/c1-5-6-20-31(21-19-24-33(52)32(51)22-17-15-13-11-9-7-8-10-12-14-16-18-23-34(53)46(61)62)67-48-44(39(56)35(54)26-64-48)70-49-45(41(58)37(28-65-49)66-30(4)50)69-47-43(60)42(59)40(57)36(68-47)27-63-38(55)25-29(2)3/h29,31-37,39-45,47-49,51-54,56-60H,5-28H2,1-4H3,(H,61,62)/t31-,32+,33+,34-,35+,36+,37+,39-,40+,41-,42-,43+,44+,45+,47-,48?,49-/m1/s1. The molecule has 0 bridgehead atoms. The van der Waals surface area contributed by atoms with E-state index in [2.05, 4.69) is 0 Å². The van der Waals surface area contributed by atoms with Crippen molar-refractivity contribution in [3.8, 4) is 0 Å². The lowest BCUT2D eigenvalue weighted by atomic mass is 9.98. The monoisotopic (exact) mass is 1010 g/mol. The SMILES string of the molecule is CCCC[C@H](CCC[C@H](O)[C@@H](O)CCCCCCCCCCCCCC[C@@H](O)C(=O)O)OC1OC[C@H](O)[C@@H](O)[C@@H]1O[C@H]1OC[C@H](OC(C)=O)[C@@H](O)[C@@H]1O[C@H]1O[C@@H](COC(=O)CC(C)C)[C@H](O)[C@@H](O)[C@@H]1O. The molecule has 17 atom stereocenters. The number of aliphatic hydroxyl groups is 9. The summed E-state index contributed by atoms with van der Waals surface area (Å²) in [5.74, 6) is -2.54. The van der Waals surface area contributed by atoms with Gasteiger partial charge in [0, 0.05) is 13.3 Å². The zero-order valence-electron chi connectivity index (χ0n) is 41.8. The van der Waals surface area contributed by atoms with Gasteiger partial charge in [-0.15, -0.1) is 0 Å². The van der Waals surface area contributed by atoms with E-state index < -0.39 is 135 Å². The quantitative estimate of drug-likeness (QED) is 0.0321. The van der Waals surface area contributed by atoms with E-state index in [0.717, 1.165) is 96.8 Å². The van der Waals surface area contributed by atoms with Crippen molar-refractivity contribution in [3.63, 3.8) is 0 Å². The molecular weight excluding hydrogens is 925 g/mol. The van der Waals surface area contributed by atoms with Crippen molar-refractivity contribution in [2.75, 3.05) is 19.8 Å². The molecule has 3 fully saturated rings. The fraction of sp³-hybridized carbons (Fsp3) is 0.939. The lowest BCUT2D eigenvalue weighted by molar-refractivity contribution is -0.380. The minimum absolute atomic E-state index is 0.0270. The van der Waals surface area contributed by atoms with Crippen molar-refractivity contribution in [3.05, 3.63) is 0 Å².